The van der Waals surface area contributed by atoms with E-state index in [9.17, 15) is 14.3 Å². The predicted octanol–water partition coefficient (Wildman–Crippen LogP) is 1.47. The minimum atomic E-state index is -0.891. The van der Waals surface area contributed by atoms with Gasteiger partial charge in [0.05, 0.1) is 12.6 Å². The largest absolute Gasteiger partial charge is 0.388 e. The third-order valence-electron chi connectivity index (χ3n) is 3.18. The number of likely N-dealkylation sites (tertiary alicyclic amines) is 1. The number of halogens is 1. The van der Waals surface area contributed by atoms with Gasteiger partial charge in [-0.3, -0.25) is 9.78 Å². The number of carbonyl (C=O) groups excluding carboxylic acids is 1. The number of carbonyl (C=O) groups is 1. The summed E-state index contributed by atoms with van der Waals surface area (Å²) in [6, 6.07) is 3.52. The molecular formula is C13H17FN2O2. The molecule has 1 fully saturated rings. The molecule has 0 aliphatic carbocycles. The molecular weight excluding hydrogens is 235 g/mol. The second kappa shape index (κ2) is 5.91. The predicted molar refractivity (Wildman–Crippen MR) is 64.5 cm³/mol. The van der Waals surface area contributed by atoms with Crippen LogP contribution in [0.4, 0.5) is 4.39 Å². The minimum Gasteiger partial charge on any atom is -0.388 e. The van der Waals surface area contributed by atoms with Crippen molar-refractivity contribution in [2.24, 2.45) is 0 Å². The van der Waals surface area contributed by atoms with Crippen LogP contribution in [0.5, 0.6) is 0 Å². The number of alkyl halides is 1. The number of aromatic nitrogens is 1. The van der Waals surface area contributed by atoms with Crippen LogP contribution in [0, 0.1) is 0 Å². The summed E-state index contributed by atoms with van der Waals surface area (Å²) < 4.78 is 12.9. The first-order valence-corrected chi connectivity index (χ1v) is 6.16. The Bertz CT molecular complexity index is 399. The Morgan fingerprint density at radius 2 is 2.50 bits per heavy atom. The van der Waals surface area contributed by atoms with Crippen LogP contribution < -0.4 is 0 Å². The van der Waals surface area contributed by atoms with E-state index < -0.39 is 12.3 Å². The molecule has 1 aromatic heterocycles. The van der Waals surface area contributed by atoms with Gasteiger partial charge in [-0.15, -0.1) is 0 Å². The van der Waals surface area contributed by atoms with Crippen molar-refractivity contribution in [3.8, 4) is 0 Å². The highest BCUT2D eigenvalue weighted by Crippen LogP contribution is 2.19. The fraction of sp³-hybridized carbons (Fsp3) is 0.538. The third-order valence-corrected chi connectivity index (χ3v) is 3.18. The topological polar surface area (TPSA) is 53.4 Å². The molecule has 0 unspecified atom stereocenters. The van der Waals surface area contributed by atoms with Crippen molar-refractivity contribution in [1.82, 2.24) is 9.88 Å². The molecule has 4 nitrogen and oxygen atoms in total. The molecule has 1 N–H and O–H groups in total. The molecule has 1 saturated heterocycles. The lowest BCUT2D eigenvalue weighted by molar-refractivity contribution is -0.130. The first-order chi connectivity index (χ1) is 8.66. The van der Waals surface area contributed by atoms with E-state index in [-0.39, 0.29) is 18.9 Å². The zero-order valence-corrected chi connectivity index (χ0v) is 10.1. The summed E-state index contributed by atoms with van der Waals surface area (Å²) in [7, 11) is 0. The number of hydrogen-bond acceptors (Lipinski definition) is 3. The van der Waals surface area contributed by atoms with E-state index in [1.165, 1.54) is 4.90 Å². The Morgan fingerprint density at radius 3 is 3.11 bits per heavy atom. The number of aliphatic hydroxyl groups excluding tert-OH is 1. The van der Waals surface area contributed by atoms with Crippen molar-refractivity contribution in [1.29, 1.82) is 0 Å². The average Bonchev–Trinajstić information content (AvgIpc) is 2.83. The van der Waals surface area contributed by atoms with Crippen LogP contribution in [0.1, 0.15) is 30.9 Å². The molecule has 2 heterocycles. The summed E-state index contributed by atoms with van der Waals surface area (Å²) in [4.78, 5) is 17.2. The molecule has 0 bridgehead atoms. The van der Waals surface area contributed by atoms with Gasteiger partial charge in [-0.05, 0) is 24.5 Å². The Morgan fingerprint density at radius 1 is 1.67 bits per heavy atom. The summed E-state index contributed by atoms with van der Waals surface area (Å²) in [6.45, 7) is 0.685. The summed E-state index contributed by atoms with van der Waals surface area (Å²) in [5, 5.41) is 9.88. The van der Waals surface area contributed by atoms with E-state index in [1.54, 1.807) is 24.5 Å². The Labute approximate surface area is 105 Å². The Hall–Kier alpha value is -1.49. The van der Waals surface area contributed by atoms with Crippen molar-refractivity contribution in [3.05, 3.63) is 30.1 Å². The summed E-state index contributed by atoms with van der Waals surface area (Å²) in [5.74, 6) is -0.0851. The number of aliphatic hydroxyl groups is 1. The van der Waals surface area contributed by atoms with E-state index in [0.717, 1.165) is 0 Å². The molecule has 0 aromatic carbocycles. The molecule has 2 atom stereocenters. The number of pyridine rings is 1. The van der Waals surface area contributed by atoms with Gasteiger partial charge < -0.3 is 10.0 Å². The smallest absolute Gasteiger partial charge is 0.222 e. The standard InChI is InChI=1S/C13H17FN2O2/c14-11-5-7-16(9-11)13(18)4-3-12(17)10-2-1-6-15-8-10/h1-2,6,8,11-12,17H,3-5,7,9H2/t11-,12-/m0/s1. The Balaban J connectivity index is 1.79. The molecule has 0 radical (unpaired) electrons. The number of amides is 1. The summed E-state index contributed by atoms with van der Waals surface area (Å²) in [6.07, 6.45) is 2.65. The molecule has 0 spiro atoms. The van der Waals surface area contributed by atoms with Crippen LogP contribution in [-0.2, 0) is 4.79 Å². The van der Waals surface area contributed by atoms with Gasteiger partial charge in [0, 0.05) is 25.4 Å². The highest BCUT2D eigenvalue weighted by atomic mass is 19.1. The van der Waals surface area contributed by atoms with Crippen molar-refractivity contribution in [2.75, 3.05) is 13.1 Å². The molecule has 1 aromatic rings. The van der Waals surface area contributed by atoms with Crippen molar-refractivity contribution in [2.45, 2.75) is 31.5 Å². The van der Waals surface area contributed by atoms with Gasteiger partial charge in [0.15, 0.2) is 0 Å². The van der Waals surface area contributed by atoms with Crippen molar-refractivity contribution >= 4 is 5.91 Å². The number of rotatable bonds is 4. The number of nitrogens with zero attached hydrogens (tertiary/aromatic N) is 2. The van der Waals surface area contributed by atoms with E-state index >= 15 is 0 Å². The monoisotopic (exact) mass is 252 g/mol. The fourth-order valence-electron chi connectivity index (χ4n) is 2.10. The van der Waals surface area contributed by atoms with Crippen LogP contribution in [0.25, 0.3) is 0 Å². The first kappa shape index (κ1) is 13.0. The highest BCUT2D eigenvalue weighted by molar-refractivity contribution is 5.76. The fourth-order valence-corrected chi connectivity index (χ4v) is 2.10. The number of hydrogen-bond donors (Lipinski definition) is 1. The Kier molecular flexibility index (Phi) is 4.25. The van der Waals surface area contributed by atoms with Gasteiger partial charge >= 0.3 is 0 Å². The lowest BCUT2D eigenvalue weighted by atomic mass is 10.1. The summed E-state index contributed by atoms with van der Waals surface area (Å²) in [5.41, 5.74) is 0.704. The third kappa shape index (κ3) is 3.26. The van der Waals surface area contributed by atoms with Crippen molar-refractivity contribution < 1.29 is 14.3 Å². The molecule has 2 rings (SSSR count). The minimum absolute atomic E-state index is 0.0851. The maximum absolute atomic E-state index is 12.9. The molecule has 98 valence electrons. The molecule has 5 heteroatoms. The SMILES string of the molecule is O=C(CC[C@H](O)c1cccnc1)N1CC[C@H](F)C1. The lowest BCUT2D eigenvalue weighted by Gasteiger charge is -2.16. The molecule has 1 aliphatic rings. The van der Waals surface area contributed by atoms with Gasteiger partial charge in [0.2, 0.25) is 5.91 Å². The van der Waals surface area contributed by atoms with Gasteiger partial charge in [-0.2, -0.15) is 0 Å². The van der Waals surface area contributed by atoms with Crippen LogP contribution in [0.15, 0.2) is 24.5 Å². The highest BCUT2D eigenvalue weighted by Gasteiger charge is 2.25. The quantitative estimate of drug-likeness (QED) is 0.882. The van der Waals surface area contributed by atoms with E-state index in [1.807, 2.05) is 0 Å². The molecule has 1 aliphatic heterocycles. The summed E-state index contributed by atoms with van der Waals surface area (Å²) >= 11 is 0. The zero-order chi connectivity index (χ0) is 13.0. The zero-order valence-electron chi connectivity index (χ0n) is 10.1. The lowest BCUT2D eigenvalue weighted by Crippen LogP contribution is -2.29. The van der Waals surface area contributed by atoms with Gasteiger partial charge in [-0.1, -0.05) is 6.07 Å². The maximum Gasteiger partial charge on any atom is 0.222 e. The first-order valence-electron chi connectivity index (χ1n) is 6.16. The van der Waals surface area contributed by atoms with E-state index in [4.69, 9.17) is 0 Å². The van der Waals surface area contributed by atoms with Crippen LogP contribution in [0.3, 0.4) is 0 Å². The molecule has 1 amide bonds. The second-order valence-corrected chi connectivity index (χ2v) is 4.57. The molecule has 18 heavy (non-hydrogen) atoms. The normalized spacial score (nSPS) is 21.0. The van der Waals surface area contributed by atoms with Gasteiger partial charge in [0.25, 0.3) is 0 Å². The van der Waals surface area contributed by atoms with E-state index in [2.05, 4.69) is 4.98 Å². The van der Waals surface area contributed by atoms with Crippen molar-refractivity contribution in [3.63, 3.8) is 0 Å². The molecule has 0 saturated carbocycles. The van der Waals surface area contributed by atoms with Crippen LogP contribution >= 0.6 is 0 Å². The second-order valence-electron chi connectivity index (χ2n) is 4.57. The maximum atomic E-state index is 12.9. The van der Waals surface area contributed by atoms with Gasteiger partial charge in [-0.25, -0.2) is 4.39 Å². The van der Waals surface area contributed by atoms with Crippen LogP contribution in [0.2, 0.25) is 0 Å². The van der Waals surface area contributed by atoms with Crippen LogP contribution in [-0.4, -0.2) is 40.2 Å². The van der Waals surface area contributed by atoms with Gasteiger partial charge in [0.1, 0.15) is 6.17 Å². The van der Waals surface area contributed by atoms with E-state index in [0.29, 0.717) is 24.9 Å². The average molecular weight is 252 g/mol.